The van der Waals surface area contributed by atoms with Crippen LogP contribution in [0, 0.1) is 0 Å². The fourth-order valence-corrected chi connectivity index (χ4v) is 2.71. The number of halogens is 3. The van der Waals surface area contributed by atoms with Crippen LogP contribution in [0.5, 0.6) is 0 Å². The van der Waals surface area contributed by atoms with Crippen LogP contribution < -0.4 is 4.90 Å². The molecule has 0 amide bonds. The summed E-state index contributed by atoms with van der Waals surface area (Å²) in [4.78, 5) is 1.85. The summed E-state index contributed by atoms with van der Waals surface area (Å²) in [5, 5.41) is 7.76. The Hall–Kier alpha value is -1.69. The largest absolute Gasteiger partial charge is 0.402 e. The summed E-state index contributed by atoms with van der Waals surface area (Å²) in [6.45, 7) is 1.41. The predicted octanol–water partition coefficient (Wildman–Crippen LogP) is 4.04. The van der Waals surface area contributed by atoms with Gasteiger partial charge in [0.25, 0.3) is 5.89 Å². The number of nitrogens with zero attached hydrogens (tertiary/aromatic N) is 3. The fourth-order valence-electron chi connectivity index (χ4n) is 2.58. The zero-order chi connectivity index (χ0) is 14.8. The summed E-state index contributed by atoms with van der Waals surface area (Å²) in [5.74, 6) is -0.180. The van der Waals surface area contributed by atoms with Crippen LogP contribution in [0.2, 0.25) is 5.02 Å². The molecule has 0 radical (unpaired) electrons. The first-order valence-electron chi connectivity index (χ1n) is 6.75. The Labute approximate surface area is 125 Å². The molecule has 2 aromatic rings. The predicted molar refractivity (Wildman–Crippen MR) is 74.9 cm³/mol. The molecule has 1 saturated heterocycles. The number of hydrogen-bond donors (Lipinski definition) is 0. The van der Waals surface area contributed by atoms with E-state index in [2.05, 4.69) is 10.2 Å². The number of rotatable bonds is 3. The molecule has 0 unspecified atom stereocenters. The van der Waals surface area contributed by atoms with Crippen molar-refractivity contribution in [2.75, 3.05) is 18.0 Å². The highest BCUT2D eigenvalue weighted by Crippen LogP contribution is 2.31. The highest BCUT2D eigenvalue weighted by Gasteiger charge is 2.25. The van der Waals surface area contributed by atoms with Gasteiger partial charge in [-0.2, -0.15) is 8.78 Å². The SMILES string of the molecule is FC(F)c1nnc(N2CCC(c3ccc(Cl)cc3)CC2)o1. The Morgan fingerprint density at radius 1 is 1.14 bits per heavy atom. The van der Waals surface area contributed by atoms with Gasteiger partial charge in [-0.25, -0.2) is 0 Å². The molecule has 0 spiro atoms. The molecule has 0 saturated carbocycles. The van der Waals surface area contributed by atoms with Gasteiger partial charge in [0.2, 0.25) is 0 Å². The Bertz CT molecular complexity index is 595. The lowest BCUT2D eigenvalue weighted by molar-refractivity contribution is 0.115. The number of anilines is 1. The highest BCUT2D eigenvalue weighted by atomic mass is 35.5. The van der Waals surface area contributed by atoms with E-state index in [1.54, 1.807) is 0 Å². The lowest BCUT2D eigenvalue weighted by Crippen LogP contribution is -2.33. The molecular formula is C14H14ClF2N3O. The van der Waals surface area contributed by atoms with Crippen LogP contribution in [0.15, 0.2) is 28.7 Å². The third-order valence-corrected chi connectivity index (χ3v) is 3.98. The van der Waals surface area contributed by atoms with Crippen LogP contribution in [-0.2, 0) is 0 Å². The van der Waals surface area contributed by atoms with Crippen molar-refractivity contribution in [3.63, 3.8) is 0 Å². The minimum atomic E-state index is -2.72. The van der Waals surface area contributed by atoms with Gasteiger partial charge in [-0.05, 0) is 36.5 Å². The van der Waals surface area contributed by atoms with E-state index in [-0.39, 0.29) is 6.01 Å². The molecule has 2 heterocycles. The van der Waals surface area contributed by atoms with E-state index >= 15 is 0 Å². The number of hydrogen-bond acceptors (Lipinski definition) is 4. The summed E-state index contributed by atoms with van der Waals surface area (Å²) >= 11 is 5.88. The summed E-state index contributed by atoms with van der Waals surface area (Å²) in [7, 11) is 0. The van der Waals surface area contributed by atoms with E-state index in [1.165, 1.54) is 5.56 Å². The molecule has 0 aliphatic carbocycles. The zero-order valence-corrected chi connectivity index (χ0v) is 11.9. The van der Waals surface area contributed by atoms with Crippen molar-refractivity contribution < 1.29 is 13.2 Å². The average Bonchev–Trinajstić information content (AvgIpc) is 2.98. The van der Waals surface area contributed by atoms with E-state index < -0.39 is 12.3 Å². The van der Waals surface area contributed by atoms with Gasteiger partial charge in [0.15, 0.2) is 0 Å². The lowest BCUT2D eigenvalue weighted by Gasteiger charge is -2.30. The number of alkyl halides is 2. The normalized spacial score (nSPS) is 16.7. The molecule has 0 atom stereocenters. The van der Waals surface area contributed by atoms with Gasteiger partial charge in [0.05, 0.1) is 0 Å². The Morgan fingerprint density at radius 3 is 2.38 bits per heavy atom. The zero-order valence-electron chi connectivity index (χ0n) is 11.2. The standard InChI is InChI=1S/C14H14ClF2N3O/c15-11-3-1-9(2-4-11)10-5-7-20(8-6-10)14-19-18-13(21-14)12(16)17/h1-4,10,12H,5-8H2. The molecule has 7 heteroatoms. The van der Waals surface area contributed by atoms with Gasteiger partial charge < -0.3 is 9.32 Å². The van der Waals surface area contributed by atoms with Crippen LogP contribution >= 0.6 is 11.6 Å². The van der Waals surface area contributed by atoms with Gasteiger partial charge in [-0.3, -0.25) is 0 Å². The molecule has 0 bridgehead atoms. The monoisotopic (exact) mass is 313 g/mol. The van der Waals surface area contributed by atoms with E-state index in [4.69, 9.17) is 16.0 Å². The molecule has 1 aromatic heterocycles. The smallest absolute Gasteiger partial charge is 0.318 e. The first kappa shape index (κ1) is 14.3. The second-order valence-corrected chi connectivity index (χ2v) is 5.47. The average molecular weight is 314 g/mol. The van der Waals surface area contributed by atoms with Crippen molar-refractivity contribution in [3.8, 4) is 0 Å². The molecule has 1 aliphatic heterocycles. The van der Waals surface area contributed by atoms with Gasteiger partial charge in [-0.15, -0.1) is 5.10 Å². The molecule has 1 aromatic carbocycles. The molecule has 112 valence electrons. The first-order valence-corrected chi connectivity index (χ1v) is 7.13. The molecule has 3 rings (SSSR count). The van der Waals surface area contributed by atoms with E-state index in [0.29, 0.717) is 19.0 Å². The maximum Gasteiger partial charge on any atom is 0.318 e. The number of benzene rings is 1. The number of piperidine rings is 1. The third-order valence-electron chi connectivity index (χ3n) is 3.72. The molecule has 4 nitrogen and oxygen atoms in total. The van der Waals surface area contributed by atoms with Crippen molar-refractivity contribution in [3.05, 3.63) is 40.7 Å². The first-order chi connectivity index (χ1) is 10.1. The molecule has 1 fully saturated rings. The second kappa shape index (κ2) is 5.97. The van der Waals surface area contributed by atoms with Crippen molar-refractivity contribution in [2.45, 2.75) is 25.2 Å². The maximum atomic E-state index is 12.4. The van der Waals surface area contributed by atoms with Crippen LogP contribution in [0.25, 0.3) is 0 Å². The minimum absolute atomic E-state index is 0.180. The second-order valence-electron chi connectivity index (χ2n) is 5.04. The van der Waals surface area contributed by atoms with E-state index in [1.807, 2.05) is 29.2 Å². The Morgan fingerprint density at radius 2 is 1.81 bits per heavy atom. The van der Waals surface area contributed by atoms with Gasteiger partial charge >= 0.3 is 12.4 Å². The minimum Gasteiger partial charge on any atom is -0.402 e. The van der Waals surface area contributed by atoms with Gasteiger partial charge in [0.1, 0.15) is 0 Å². The maximum absolute atomic E-state index is 12.4. The summed E-state index contributed by atoms with van der Waals surface area (Å²) in [6, 6.07) is 8.01. The van der Waals surface area contributed by atoms with Crippen molar-refractivity contribution >= 4 is 17.6 Å². The van der Waals surface area contributed by atoms with E-state index in [9.17, 15) is 8.78 Å². The van der Waals surface area contributed by atoms with Crippen molar-refractivity contribution in [1.82, 2.24) is 10.2 Å². The molecule has 21 heavy (non-hydrogen) atoms. The van der Waals surface area contributed by atoms with Crippen LogP contribution in [0.3, 0.4) is 0 Å². The van der Waals surface area contributed by atoms with Crippen LogP contribution in [0.1, 0.15) is 36.6 Å². The van der Waals surface area contributed by atoms with E-state index in [0.717, 1.165) is 17.9 Å². The summed E-state index contributed by atoms with van der Waals surface area (Å²) < 4.78 is 29.9. The topological polar surface area (TPSA) is 42.2 Å². The molecular weight excluding hydrogens is 300 g/mol. The van der Waals surface area contributed by atoms with Gasteiger partial charge in [-0.1, -0.05) is 28.8 Å². The fraction of sp³-hybridized carbons (Fsp3) is 0.429. The van der Waals surface area contributed by atoms with Crippen LogP contribution in [-0.4, -0.2) is 23.3 Å². The quantitative estimate of drug-likeness (QED) is 0.857. The lowest BCUT2D eigenvalue weighted by atomic mass is 9.90. The summed E-state index contributed by atoms with van der Waals surface area (Å²) in [6.07, 6.45) is -0.903. The van der Waals surface area contributed by atoms with Gasteiger partial charge in [0, 0.05) is 18.1 Å². The molecule has 0 N–H and O–H groups in total. The van der Waals surface area contributed by atoms with Crippen LogP contribution in [0.4, 0.5) is 14.8 Å². The van der Waals surface area contributed by atoms with Crippen molar-refractivity contribution in [1.29, 1.82) is 0 Å². The number of aromatic nitrogens is 2. The Kier molecular flexibility index (Phi) is 4.05. The third kappa shape index (κ3) is 3.15. The highest BCUT2D eigenvalue weighted by molar-refractivity contribution is 6.30. The molecule has 1 aliphatic rings. The summed E-state index contributed by atoms with van der Waals surface area (Å²) in [5.41, 5.74) is 1.25. The van der Waals surface area contributed by atoms with Crippen molar-refractivity contribution in [2.24, 2.45) is 0 Å². The Balaban J connectivity index is 1.63.